The molecule has 2 N–H and O–H groups in total. The molecule has 0 aliphatic heterocycles. The molecule has 2 aromatic rings. The summed E-state index contributed by atoms with van der Waals surface area (Å²) in [5.74, 6) is 0.806. The second-order valence-corrected chi connectivity index (χ2v) is 5.59. The van der Waals surface area contributed by atoms with Crippen LogP contribution in [0.3, 0.4) is 0 Å². The molecule has 0 radical (unpaired) electrons. The number of nitrogens with one attached hydrogen (secondary N) is 2. The highest BCUT2D eigenvalue weighted by Gasteiger charge is 1.99. The zero-order valence-electron chi connectivity index (χ0n) is 11.3. The first-order valence-corrected chi connectivity index (χ1v) is 7.61. The van der Waals surface area contributed by atoms with Crippen molar-refractivity contribution in [3.63, 3.8) is 0 Å². The van der Waals surface area contributed by atoms with Crippen molar-refractivity contribution >= 4 is 28.9 Å². The van der Waals surface area contributed by atoms with E-state index in [0.717, 1.165) is 31.0 Å². The lowest BCUT2D eigenvalue weighted by Gasteiger charge is -2.11. The summed E-state index contributed by atoms with van der Waals surface area (Å²) in [5, 5.41) is 9.15. The lowest BCUT2D eigenvalue weighted by atomic mass is 10.2. The third-order valence-corrected chi connectivity index (χ3v) is 3.83. The molecule has 0 aromatic carbocycles. The van der Waals surface area contributed by atoms with Gasteiger partial charge in [0.05, 0.1) is 6.54 Å². The number of pyridine rings is 1. The molecule has 0 saturated carbocycles. The van der Waals surface area contributed by atoms with E-state index in [4.69, 9.17) is 11.6 Å². The van der Waals surface area contributed by atoms with E-state index in [-0.39, 0.29) is 0 Å². The molecule has 0 aliphatic rings. The Kier molecular flexibility index (Phi) is 5.83. The minimum atomic E-state index is 0.523. The van der Waals surface area contributed by atoms with Crippen molar-refractivity contribution in [2.24, 2.45) is 4.99 Å². The molecule has 0 bridgehead atoms. The van der Waals surface area contributed by atoms with Crippen LogP contribution in [-0.2, 0) is 13.0 Å². The zero-order valence-corrected chi connectivity index (χ0v) is 12.8. The molecule has 0 unspecified atom stereocenters. The fraction of sp³-hybridized carbons (Fsp3) is 0.286. The molecule has 2 rings (SSSR count). The van der Waals surface area contributed by atoms with Crippen molar-refractivity contribution in [3.8, 4) is 0 Å². The molecule has 0 aliphatic carbocycles. The summed E-state index contributed by atoms with van der Waals surface area (Å²) < 4.78 is 0. The molecule has 0 saturated heterocycles. The van der Waals surface area contributed by atoms with Crippen molar-refractivity contribution in [2.45, 2.75) is 13.0 Å². The standard InChI is InChI=1S/C14H17ClN4S/c1-16-14(19-10-12-3-2-8-20-12)17-7-6-11-4-5-13(15)18-9-11/h2-5,8-9H,6-7,10H2,1H3,(H2,16,17,19). The van der Waals surface area contributed by atoms with Crippen LogP contribution in [0.2, 0.25) is 5.15 Å². The van der Waals surface area contributed by atoms with Gasteiger partial charge in [-0.15, -0.1) is 11.3 Å². The maximum atomic E-state index is 5.75. The van der Waals surface area contributed by atoms with Crippen molar-refractivity contribution < 1.29 is 0 Å². The Hall–Kier alpha value is -1.59. The predicted molar refractivity (Wildman–Crippen MR) is 85.5 cm³/mol. The SMILES string of the molecule is CN=C(NCCc1ccc(Cl)nc1)NCc1cccs1. The van der Waals surface area contributed by atoms with Gasteiger partial charge in [-0.2, -0.15) is 0 Å². The van der Waals surface area contributed by atoms with Gasteiger partial charge in [-0.3, -0.25) is 4.99 Å². The number of thiophene rings is 1. The minimum absolute atomic E-state index is 0.523. The lowest BCUT2D eigenvalue weighted by Crippen LogP contribution is -2.37. The largest absolute Gasteiger partial charge is 0.356 e. The Labute approximate surface area is 127 Å². The number of hydrogen-bond acceptors (Lipinski definition) is 3. The van der Waals surface area contributed by atoms with Crippen LogP contribution in [0.4, 0.5) is 0 Å². The fourth-order valence-corrected chi connectivity index (χ4v) is 2.44. The topological polar surface area (TPSA) is 49.3 Å². The van der Waals surface area contributed by atoms with Gasteiger partial charge in [-0.1, -0.05) is 23.7 Å². The summed E-state index contributed by atoms with van der Waals surface area (Å²) in [7, 11) is 1.77. The van der Waals surface area contributed by atoms with Crippen molar-refractivity contribution in [1.29, 1.82) is 0 Å². The van der Waals surface area contributed by atoms with E-state index in [1.807, 2.05) is 12.1 Å². The third-order valence-electron chi connectivity index (χ3n) is 2.73. The first-order chi connectivity index (χ1) is 9.78. The first kappa shape index (κ1) is 14.8. The van der Waals surface area contributed by atoms with Crippen LogP contribution in [0.5, 0.6) is 0 Å². The van der Waals surface area contributed by atoms with Crippen LogP contribution in [0, 0.1) is 0 Å². The highest BCUT2D eigenvalue weighted by Crippen LogP contribution is 2.07. The second kappa shape index (κ2) is 7.87. The summed E-state index contributed by atoms with van der Waals surface area (Å²) >= 11 is 7.49. The van der Waals surface area contributed by atoms with Gasteiger partial charge in [0.15, 0.2) is 5.96 Å². The quantitative estimate of drug-likeness (QED) is 0.507. The summed E-state index contributed by atoms with van der Waals surface area (Å²) in [6.07, 6.45) is 2.68. The molecule has 0 atom stereocenters. The predicted octanol–water partition coefficient (Wildman–Crippen LogP) is 2.70. The number of guanidine groups is 1. The first-order valence-electron chi connectivity index (χ1n) is 6.35. The lowest BCUT2D eigenvalue weighted by molar-refractivity contribution is 0.797. The van der Waals surface area contributed by atoms with Gasteiger partial charge in [0, 0.05) is 24.7 Å². The molecule has 0 amide bonds. The maximum absolute atomic E-state index is 5.75. The third kappa shape index (κ3) is 4.83. The maximum Gasteiger partial charge on any atom is 0.191 e. The number of aliphatic imine (C=N–C) groups is 1. The van der Waals surface area contributed by atoms with Gasteiger partial charge in [0.25, 0.3) is 0 Å². The van der Waals surface area contributed by atoms with E-state index < -0.39 is 0 Å². The van der Waals surface area contributed by atoms with Crippen molar-refractivity contribution in [1.82, 2.24) is 15.6 Å². The normalized spacial score (nSPS) is 11.4. The van der Waals surface area contributed by atoms with E-state index in [0.29, 0.717) is 5.15 Å². The van der Waals surface area contributed by atoms with Gasteiger partial charge in [0.2, 0.25) is 0 Å². The van der Waals surface area contributed by atoms with Crippen molar-refractivity contribution in [3.05, 3.63) is 51.4 Å². The van der Waals surface area contributed by atoms with Crippen LogP contribution < -0.4 is 10.6 Å². The van der Waals surface area contributed by atoms with E-state index in [9.17, 15) is 0 Å². The number of hydrogen-bond donors (Lipinski definition) is 2. The van der Waals surface area contributed by atoms with Crippen LogP contribution in [-0.4, -0.2) is 24.5 Å². The summed E-state index contributed by atoms with van der Waals surface area (Å²) in [6, 6.07) is 7.94. The van der Waals surface area contributed by atoms with Crippen LogP contribution >= 0.6 is 22.9 Å². The Morgan fingerprint density at radius 2 is 2.25 bits per heavy atom. The van der Waals surface area contributed by atoms with Gasteiger partial charge < -0.3 is 10.6 Å². The Balaban J connectivity index is 1.72. The van der Waals surface area contributed by atoms with Gasteiger partial charge >= 0.3 is 0 Å². The van der Waals surface area contributed by atoms with E-state index in [1.54, 1.807) is 30.6 Å². The zero-order chi connectivity index (χ0) is 14.2. The Bertz CT molecular complexity index is 537. The molecule has 0 spiro atoms. The van der Waals surface area contributed by atoms with Crippen molar-refractivity contribution in [2.75, 3.05) is 13.6 Å². The number of aromatic nitrogens is 1. The smallest absolute Gasteiger partial charge is 0.191 e. The van der Waals surface area contributed by atoms with E-state index >= 15 is 0 Å². The molecule has 106 valence electrons. The summed E-state index contributed by atoms with van der Waals surface area (Å²) in [4.78, 5) is 9.54. The van der Waals surface area contributed by atoms with E-state index in [2.05, 4.69) is 32.1 Å². The Morgan fingerprint density at radius 1 is 1.35 bits per heavy atom. The van der Waals surface area contributed by atoms with Gasteiger partial charge in [0.1, 0.15) is 5.15 Å². The number of halogens is 1. The summed E-state index contributed by atoms with van der Waals surface area (Å²) in [6.45, 7) is 1.59. The summed E-state index contributed by atoms with van der Waals surface area (Å²) in [5.41, 5.74) is 1.15. The number of rotatable bonds is 5. The van der Waals surface area contributed by atoms with E-state index in [1.165, 1.54) is 4.88 Å². The highest BCUT2D eigenvalue weighted by molar-refractivity contribution is 7.09. The average molecular weight is 309 g/mol. The average Bonchev–Trinajstić information content (AvgIpc) is 2.98. The van der Waals surface area contributed by atoms with Crippen LogP contribution in [0.25, 0.3) is 0 Å². The molecular weight excluding hydrogens is 292 g/mol. The second-order valence-electron chi connectivity index (χ2n) is 4.17. The molecular formula is C14H17ClN4S. The fourth-order valence-electron chi connectivity index (χ4n) is 1.68. The molecule has 0 fully saturated rings. The molecule has 20 heavy (non-hydrogen) atoms. The van der Waals surface area contributed by atoms with Crippen LogP contribution in [0.1, 0.15) is 10.4 Å². The van der Waals surface area contributed by atoms with Gasteiger partial charge in [-0.25, -0.2) is 4.98 Å². The van der Waals surface area contributed by atoms with Crippen LogP contribution in [0.15, 0.2) is 40.8 Å². The monoisotopic (exact) mass is 308 g/mol. The number of nitrogens with zero attached hydrogens (tertiary/aromatic N) is 2. The highest BCUT2D eigenvalue weighted by atomic mass is 35.5. The molecule has 6 heteroatoms. The molecule has 4 nitrogen and oxygen atoms in total. The van der Waals surface area contributed by atoms with Gasteiger partial charge in [-0.05, 0) is 29.5 Å². The molecule has 2 aromatic heterocycles. The Morgan fingerprint density at radius 3 is 2.90 bits per heavy atom. The molecule has 2 heterocycles. The minimum Gasteiger partial charge on any atom is -0.356 e.